The van der Waals surface area contributed by atoms with Crippen LogP contribution in [-0.4, -0.2) is 33.9 Å². The minimum absolute atomic E-state index is 0.0674. The molecule has 2 aromatic heterocycles. The maximum atomic E-state index is 12.8. The molecule has 1 unspecified atom stereocenters. The van der Waals surface area contributed by atoms with Gasteiger partial charge in [0.25, 0.3) is 0 Å². The summed E-state index contributed by atoms with van der Waals surface area (Å²) in [5, 5.41) is 8.33. The standard InChI is InChI=1S/C21H21F3N6S/c1-11-6-5-7-12(2)16(11)28-20-29-17-18(30(4)13(3)26-19(17)31-20)27-14-8-9-15(25-10-14)21(22,23)24/h5-10,13,26H,1-4H3,(H,28,29). The Morgan fingerprint density at radius 2 is 1.87 bits per heavy atom. The third-order valence-electron chi connectivity index (χ3n) is 5.08. The van der Waals surface area contributed by atoms with Gasteiger partial charge in [0.05, 0.1) is 18.1 Å². The summed E-state index contributed by atoms with van der Waals surface area (Å²) in [7, 11) is 1.86. The number of rotatable bonds is 3. The fraction of sp³-hybridized carbons (Fsp3) is 0.286. The number of alkyl halides is 3. The van der Waals surface area contributed by atoms with Crippen LogP contribution in [-0.2, 0) is 6.18 Å². The molecule has 0 saturated heterocycles. The van der Waals surface area contributed by atoms with Crippen molar-refractivity contribution in [3.05, 3.63) is 59.0 Å². The molecule has 3 heterocycles. The summed E-state index contributed by atoms with van der Waals surface area (Å²) in [6.45, 7) is 6.03. The van der Waals surface area contributed by atoms with Crippen LogP contribution in [0.25, 0.3) is 0 Å². The number of hydrogen-bond donors (Lipinski definition) is 2. The average Bonchev–Trinajstić information content (AvgIpc) is 3.10. The number of hydrogen-bond acceptors (Lipinski definition) is 6. The molecule has 0 radical (unpaired) electrons. The Balaban J connectivity index is 1.70. The molecule has 1 aliphatic rings. The van der Waals surface area contributed by atoms with Gasteiger partial charge < -0.3 is 15.5 Å². The van der Waals surface area contributed by atoms with Crippen molar-refractivity contribution in [2.24, 2.45) is 4.99 Å². The first-order valence-electron chi connectivity index (χ1n) is 9.59. The number of nitrogens with one attached hydrogen (secondary N) is 2. The lowest BCUT2D eigenvalue weighted by atomic mass is 10.1. The maximum absolute atomic E-state index is 12.8. The van der Waals surface area contributed by atoms with Gasteiger partial charge in [0.15, 0.2) is 11.0 Å². The van der Waals surface area contributed by atoms with Gasteiger partial charge in [0.2, 0.25) is 0 Å². The molecular weight excluding hydrogens is 425 g/mol. The Morgan fingerprint density at radius 1 is 1.16 bits per heavy atom. The highest BCUT2D eigenvalue weighted by atomic mass is 32.1. The van der Waals surface area contributed by atoms with Crippen LogP contribution in [0.15, 0.2) is 41.5 Å². The molecule has 4 rings (SSSR count). The van der Waals surface area contributed by atoms with Crippen molar-refractivity contribution in [1.29, 1.82) is 0 Å². The average molecular weight is 447 g/mol. The Kier molecular flexibility index (Phi) is 5.34. The van der Waals surface area contributed by atoms with Crippen LogP contribution < -0.4 is 10.6 Å². The quantitative estimate of drug-likeness (QED) is 0.540. The van der Waals surface area contributed by atoms with Crippen molar-refractivity contribution >= 4 is 38.7 Å². The van der Waals surface area contributed by atoms with Crippen LogP contribution in [0.2, 0.25) is 0 Å². The molecule has 6 nitrogen and oxygen atoms in total. The molecule has 0 bridgehead atoms. The SMILES string of the molecule is Cc1cccc(C)c1Nc1nc2c(s1)NC(C)N(C)C2=Nc1ccc(C(F)(F)F)nc1. The number of para-hydroxylation sites is 1. The van der Waals surface area contributed by atoms with Gasteiger partial charge in [-0.25, -0.2) is 15.0 Å². The molecular formula is C21H21F3N6S. The Bertz CT molecular complexity index is 1120. The zero-order valence-electron chi connectivity index (χ0n) is 17.4. The number of thiazole rings is 1. The molecule has 0 fully saturated rings. The molecule has 0 spiro atoms. The van der Waals surface area contributed by atoms with E-state index in [1.807, 2.05) is 50.9 Å². The molecule has 162 valence electrons. The van der Waals surface area contributed by atoms with Crippen LogP contribution in [0, 0.1) is 13.8 Å². The Morgan fingerprint density at radius 3 is 2.48 bits per heavy atom. The third kappa shape index (κ3) is 4.20. The summed E-state index contributed by atoms with van der Waals surface area (Å²) in [4.78, 5) is 14.7. The van der Waals surface area contributed by atoms with E-state index in [0.717, 1.165) is 34.1 Å². The van der Waals surface area contributed by atoms with Gasteiger partial charge in [0, 0.05) is 12.7 Å². The van der Waals surface area contributed by atoms with Gasteiger partial charge in [-0.2, -0.15) is 13.2 Å². The third-order valence-corrected chi connectivity index (χ3v) is 5.98. The number of amidine groups is 1. The van der Waals surface area contributed by atoms with Gasteiger partial charge in [0.1, 0.15) is 16.4 Å². The van der Waals surface area contributed by atoms with E-state index in [1.165, 1.54) is 17.4 Å². The second-order valence-electron chi connectivity index (χ2n) is 7.35. The number of pyridine rings is 1. The smallest absolute Gasteiger partial charge is 0.355 e. The number of aromatic nitrogens is 2. The second kappa shape index (κ2) is 7.84. The highest BCUT2D eigenvalue weighted by molar-refractivity contribution is 7.20. The van der Waals surface area contributed by atoms with Gasteiger partial charge in [-0.15, -0.1) is 0 Å². The van der Waals surface area contributed by atoms with Crippen LogP contribution in [0.1, 0.15) is 29.4 Å². The summed E-state index contributed by atoms with van der Waals surface area (Å²) >= 11 is 1.47. The van der Waals surface area contributed by atoms with Crippen molar-refractivity contribution in [3.63, 3.8) is 0 Å². The van der Waals surface area contributed by atoms with Crippen molar-refractivity contribution in [1.82, 2.24) is 14.9 Å². The second-order valence-corrected chi connectivity index (χ2v) is 8.35. The molecule has 0 amide bonds. The molecule has 0 aliphatic carbocycles. The van der Waals surface area contributed by atoms with Crippen molar-refractivity contribution in [2.45, 2.75) is 33.1 Å². The topological polar surface area (TPSA) is 65.4 Å². The normalized spacial score (nSPS) is 17.5. The highest BCUT2D eigenvalue weighted by Gasteiger charge is 2.32. The zero-order valence-corrected chi connectivity index (χ0v) is 18.2. The first-order chi connectivity index (χ1) is 14.6. The number of benzene rings is 1. The maximum Gasteiger partial charge on any atom is 0.433 e. The monoisotopic (exact) mass is 446 g/mol. The van der Waals surface area contributed by atoms with Crippen molar-refractivity contribution in [3.8, 4) is 0 Å². The number of fused-ring (bicyclic) bond motifs is 1. The van der Waals surface area contributed by atoms with Gasteiger partial charge in [-0.3, -0.25) is 0 Å². The Labute approximate surface area is 181 Å². The van der Waals surface area contributed by atoms with E-state index in [0.29, 0.717) is 22.3 Å². The van der Waals surface area contributed by atoms with Crippen molar-refractivity contribution < 1.29 is 13.2 Å². The van der Waals surface area contributed by atoms with Crippen LogP contribution in [0.3, 0.4) is 0 Å². The van der Waals surface area contributed by atoms with Crippen LogP contribution >= 0.6 is 11.3 Å². The lowest BCUT2D eigenvalue weighted by Gasteiger charge is -2.33. The first-order valence-corrected chi connectivity index (χ1v) is 10.4. The predicted octanol–water partition coefficient (Wildman–Crippen LogP) is 5.70. The van der Waals surface area contributed by atoms with Gasteiger partial charge >= 0.3 is 6.18 Å². The lowest BCUT2D eigenvalue weighted by molar-refractivity contribution is -0.141. The summed E-state index contributed by atoms with van der Waals surface area (Å²) in [5.41, 5.74) is 3.23. The van der Waals surface area contributed by atoms with Crippen LogP contribution in [0.5, 0.6) is 0 Å². The number of aryl methyl sites for hydroxylation is 2. The molecule has 1 aliphatic heterocycles. The Hall–Kier alpha value is -3.14. The van der Waals surface area contributed by atoms with Crippen molar-refractivity contribution in [2.75, 3.05) is 17.7 Å². The van der Waals surface area contributed by atoms with E-state index in [4.69, 9.17) is 4.98 Å². The summed E-state index contributed by atoms with van der Waals surface area (Å²) in [6.07, 6.45) is -3.43. The van der Waals surface area contributed by atoms with Gasteiger partial charge in [-0.1, -0.05) is 29.5 Å². The van der Waals surface area contributed by atoms with E-state index < -0.39 is 11.9 Å². The molecule has 0 saturated carbocycles. The molecule has 31 heavy (non-hydrogen) atoms. The zero-order chi connectivity index (χ0) is 22.3. The number of aliphatic imine (C=N–C) groups is 1. The van der Waals surface area contributed by atoms with E-state index in [-0.39, 0.29) is 6.17 Å². The van der Waals surface area contributed by atoms with Crippen LogP contribution in [0.4, 0.5) is 34.7 Å². The summed E-state index contributed by atoms with van der Waals surface area (Å²) in [5.74, 6) is 0.564. The number of halogens is 3. The number of nitrogens with zero attached hydrogens (tertiary/aromatic N) is 4. The molecule has 1 aromatic carbocycles. The largest absolute Gasteiger partial charge is 0.433 e. The fourth-order valence-corrected chi connectivity index (χ4v) is 4.20. The van der Waals surface area contributed by atoms with E-state index in [1.54, 1.807) is 0 Å². The number of anilines is 3. The first kappa shape index (κ1) is 21.1. The van der Waals surface area contributed by atoms with E-state index in [9.17, 15) is 13.2 Å². The minimum atomic E-state index is -4.48. The highest BCUT2D eigenvalue weighted by Crippen LogP contribution is 2.37. The van der Waals surface area contributed by atoms with E-state index in [2.05, 4.69) is 20.6 Å². The molecule has 3 aromatic rings. The fourth-order valence-electron chi connectivity index (χ4n) is 3.25. The predicted molar refractivity (Wildman–Crippen MR) is 118 cm³/mol. The lowest BCUT2D eigenvalue weighted by Crippen LogP contribution is -2.44. The van der Waals surface area contributed by atoms with Gasteiger partial charge in [-0.05, 0) is 44.0 Å². The molecule has 2 N–H and O–H groups in total. The molecule has 10 heteroatoms. The molecule has 1 atom stereocenters. The minimum Gasteiger partial charge on any atom is -0.355 e. The van der Waals surface area contributed by atoms with E-state index >= 15 is 0 Å². The summed E-state index contributed by atoms with van der Waals surface area (Å²) in [6, 6.07) is 8.30. The summed E-state index contributed by atoms with van der Waals surface area (Å²) < 4.78 is 38.4.